The van der Waals surface area contributed by atoms with Crippen LogP contribution in [-0.2, 0) is 27.2 Å². The monoisotopic (exact) mass is 900 g/mol. The van der Waals surface area contributed by atoms with Crippen LogP contribution >= 0.6 is 22.7 Å². The number of imide groups is 1. The van der Waals surface area contributed by atoms with E-state index < -0.39 is 35.3 Å². The summed E-state index contributed by atoms with van der Waals surface area (Å²) < 4.78 is 24.0. The third-order valence-corrected chi connectivity index (χ3v) is 11.4. The standard InChI is InChI=1S/C46H44N8O8S2/c1-9-59-40(56)36-34(18-13-25-60-29-21-19-28(20-22-29)35-37(48-8)38(47)54(51-35)44(58)62-46(5,6)7)64-41(50-36)52-24-23-27-14-12-15-30(31(27)26-52)39(55)53(43(57)61-45(2,3)4)42-49-32-16-10-11-17-33(32)63-42/h10-12,14-17,19-22H,9,23-26,47H2,1-7H3. The number of carbonyl (C=O) groups is 4. The van der Waals surface area contributed by atoms with Gasteiger partial charge in [0.05, 0.1) is 23.4 Å². The van der Waals surface area contributed by atoms with E-state index >= 15 is 0 Å². The number of nitrogens with zero attached hydrogens (tertiary/aromatic N) is 7. The molecule has 18 heteroatoms. The van der Waals surface area contributed by atoms with Crippen LogP contribution < -0.4 is 20.3 Å². The van der Waals surface area contributed by atoms with E-state index in [2.05, 4.69) is 31.8 Å². The van der Waals surface area contributed by atoms with Crippen molar-refractivity contribution in [3.05, 3.63) is 105 Å². The number of aromatic nitrogens is 4. The largest absolute Gasteiger partial charge is 0.481 e. The molecule has 6 aromatic rings. The molecule has 0 saturated carbocycles. The van der Waals surface area contributed by atoms with Crippen molar-refractivity contribution in [2.75, 3.05) is 35.3 Å². The van der Waals surface area contributed by atoms with E-state index in [-0.39, 0.29) is 47.8 Å². The Morgan fingerprint density at radius 2 is 1.67 bits per heavy atom. The summed E-state index contributed by atoms with van der Waals surface area (Å²) in [5.74, 6) is 5.12. The van der Waals surface area contributed by atoms with Gasteiger partial charge in [-0.3, -0.25) is 4.79 Å². The molecule has 0 bridgehead atoms. The van der Waals surface area contributed by atoms with E-state index in [9.17, 15) is 19.2 Å². The number of rotatable bonds is 8. The van der Waals surface area contributed by atoms with Crippen molar-refractivity contribution in [2.45, 2.75) is 72.6 Å². The molecule has 64 heavy (non-hydrogen) atoms. The molecule has 0 unspecified atom stereocenters. The zero-order chi connectivity index (χ0) is 45.9. The predicted octanol–water partition coefficient (Wildman–Crippen LogP) is 9.28. The van der Waals surface area contributed by atoms with E-state index in [1.54, 1.807) is 84.9 Å². The van der Waals surface area contributed by atoms with Gasteiger partial charge in [-0.2, -0.15) is 14.7 Å². The Balaban J connectivity index is 1.10. The lowest BCUT2D eigenvalue weighted by molar-refractivity contribution is 0.0509. The number of esters is 1. The van der Waals surface area contributed by atoms with E-state index in [1.165, 1.54) is 22.7 Å². The summed E-state index contributed by atoms with van der Waals surface area (Å²) in [6, 6.07) is 19.5. The highest BCUT2D eigenvalue weighted by Gasteiger charge is 2.35. The average Bonchev–Trinajstić information content (AvgIpc) is 3.96. The van der Waals surface area contributed by atoms with E-state index in [0.29, 0.717) is 50.9 Å². The SMILES string of the molecule is [C-]#[N+]c1c(-c2ccc(OCC#Cc3sc(N4CCc5cccc(C(=O)N(C(=O)OC(C)(C)C)c6nc7ccccc7s6)c5C4)nc3C(=O)OCC)cc2)nn(C(=O)OC(C)(C)C)c1N. The Bertz CT molecular complexity index is 2850. The number of thiazole rings is 2. The van der Waals surface area contributed by atoms with Crippen molar-refractivity contribution in [1.82, 2.24) is 19.7 Å². The molecule has 4 heterocycles. The fraction of sp³-hybridized carbons (Fsp3) is 0.304. The molecule has 328 valence electrons. The first-order valence-corrected chi connectivity index (χ1v) is 21.8. The minimum absolute atomic E-state index is 0.0137. The normalized spacial score (nSPS) is 12.4. The lowest BCUT2D eigenvalue weighted by Crippen LogP contribution is -2.42. The van der Waals surface area contributed by atoms with E-state index in [1.807, 2.05) is 35.2 Å². The number of nitrogen functional groups attached to an aromatic ring is 1. The second kappa shape index (κ2) is 18.2. The summed E-state index contributed by atoms with van der Waals surface area (Å²) >= 11 is 2.43. The van der Waals surface area contributed by atoms with Gasteiger partial charge in [-0.15, -0.1) is 0 Å². The maximum absolute atomic E-state index is 14.5. The van der Waals surface area contributed by atoms with Crippen LogP contribution in [0, 0.1) is 18.4 Å². The van der Waals surface area contributed by atoms with Crippen molar-refractivity contribution >= 4 is 78.7 Å². The van der Waals surface area contributed by atoms with Gasteiger partial charge >= 0.3 is 18.2 Å². The summed E-state index contributed by atoms with van der Waals surface area (Å²) in [5.41, 5.74) is 7.85. The second-order valence-corrected chi connectivity index (χ2v) is 18.3. The molecule has 1 aliphatic heterocycles. The van der Waals surface area contributed by atoms with Crippen molar-refractivity contribution in [1.29, 1.82) is 0 Å². The topological polar surface area (TPSA) is 186 Å². The van der Waals surface area contributed by atoms with Crippen LogP contribution in [-0.4, -0.2) is 74.8 Å². The van der Waals surface area contributed by atoms with E-state index in [0.717, 1.165) is 19.8 Å². The number of ether oxygens (including phenoxy) is 4. The molecule has 0 aliphatic carbocycles. The molecule has 7 rings (SSSR count). The molecule has 16 nitrogen and oxygen atoms in total. The summed E-state index contributed by atoms with van der Waals surface area (Å²) in [4.78, 5) is 70.3. The van der Waals surface area contributed by atoms with Crippen LogP contribution in [0.15, 0.2) is 66.7 Å². The predicted molar refractivity (Wildman–Crippen MR) is 244 cm³/mol. The molecule has 0 atom stereocenters. The average molecular weight is 901 g/mol. The second-order valence-electron chi connectivity index (χ2n) is 16.3. The highest BCUT2D eigenvalue weighted by atomic mass is 32.1. The van der Waals surface area contributed by atoms with Gasteiger partial charge in [0.1, 0.15) is 39.9 Å². The molecule has 3 aromatic heterocycles. The van der Waals surface area contributed by atoms with Crippen LogP contribution in [0.3, 0.4) is 0 Å². The third kappa shape index (κ3) is 9.83. The Kier molecular flexibility index (Phi) is 12.7. The molecule has 3 aromatic carbocycles. The zero-order valence-electron chi connectivity index (χ0n) is 36.2. The minimum atomic E-state index is -0.876. The number of fused-ring (bicyclic) bond motifs is 2. The number of hydrogen-bond acceptors (Lipinski definition) is 15. The maximum atomic E-state index is 14.5. The van der Waals surface area contributed by atoms with Crippen LogP contribution in [0.5, 0.6) is 5.75 Å². The summed E-state index contributed by atoms with van der Waals surface area (Å²) in [6.45, 7) is 20.6. The first-order valence-electron chi connectivity index (χ1n) is 20.1. The zero-order valence-corrected chi connectivity index (χ0v) is 37.8. The van der Waals surface area contributed by atoms with Gasteiger partial charge in [0, 0.05) is 18.7 Å². The van der Waals surface area contributed by atoms with E-state index in [4.69, 9.17) is 31.3 Å². The molecule has 2 N–H and O–H groups in total. The third-order valence-electron chi connectivity index (χ3n) is 9.33. The molecular formula is C46H44N8O8S2. The molecule has 0 saturated heterocycles. The van der Waals surface area contributed by atoms with Gasteiger partial charge in [-0.25, -0.2) is 29.2 Å². The molecule has 2 amide bonds. The van der Waals surface area contributed by atoms with Gasteiger partial charge < -0.3 is 29.6 Å². The molecular weight excluding hydrogens is 857 g/mol. The van der Waals surface area contributed by atoms with Gasteiger partial charge in [-0.05, 0) is 108 Å². The van der Waals surface area contributed by atoms with Gasteiger partial charge in [0.25, 0.3) is 11.6 Å². The Morgan fingerprint density at radius 3 is 2.36 bits per heavy atom. The summed E-state index contributed by atoms with van der Waals surface area (Å²) in [7, 11) is 0. The first kappa shape index (κ1) is 44.8. The Hall–Kier alpha value is -7.28. The van der Waals surface area contributed by atoms with Crippen LogP contribution in [0.1, 0.15) is 85.3 Å². The number of hydrogen-bond donors (Lipinski definition) is 1. The number of anilines is 3. The Labute approximate surface area is 377 Å². The number of para-hydroxylation sites is 1. The smallest absolute Gasteiger partial charge is 0.435 e. The molecule has 0 fully saturated rings. The quantitative estimate of drug-likeness (QED) is 0.0660. The summed E-state index contributed by atoms with van der Waals surface area (Å²) in [6.07, 6.45) is -1.08. The van der Waals surface area contributed by atoms with Gasteiger partial charge in [0.15, 0.2) is 10.8 Å². The van der Waals surface area contributed by atoms with Gasteiger partial charge in [0.2, 0.25) is 5.13 Å². The lowest BCUT2D eigenvalue weighted by atomic mass is 9.94. The lowest BCUT2D eigenvalue weighted by Gasteiger charge is -2.31. The van der Waals surface area contributed by atoms with Crippen molar-refractivity contribution in [2.24, 2.45) is 0 Å². The Morgan fingerprint density at radius 1 is 0.938 bits per heavy atom. The van der Waals surface area contributed by atoms with Crippen LogP contribution in [0.4, 0.5) is 31.4 Å². The number of carbonyl (C=O) groups excluding carboxylic acids is 4. The highest BCUT2D eigenvalue weighted by Crippen LogP contribution is 2.37. The van der Waals surface area contributed by atoms with Gasteiger partial charge in [-0.1, -0.05) is 65.0 Å². The van der Waals surface area contributed by atoms with Crippen molar-refractivity contribution < 1.29 is 38.1 Å². The number of benzene rings is 3. The maximum Gasteiger partial charge on any atom is 0.435 e. The fourth-order valence-electron chi connectivity index (χ4n) is 6.56. The molecule has 0 radical (unpaired) electrons. The van der Waals surface area contributed by atoms with Crippen molar-refractivity contribution in [3.63, 3.8) is 0 Å². The summed E-state index contributed by atoms with van der Waals surface area (Å²) in [5, 5.41) is 4.96. The highest BCUT2D eigenvalue weighted by molar-refractivity contribution is 7.22. The minimum Gasteiger partial charge on any atom is -0.481 e. The number of nitrogens with two attached hydrogens (primary N) is 1. The number of amides is 2. The van der Waals surface area contributed by atoms with Crippen LogP contribution in [0.2, 0.25) is 0 Å². The fourth-order valence-corrected chi connectivity index (χ4v) is 8.47. The molecule has 1 aliphatic rings. The first-order chi connectivity index (χ1) is 30.4. The molecule has 0 spiro atoms. The van der Waals surface area contributed by atoms with Crippen LogP contribution in [0.25, 0.3) is 26.3 Å². The van der Waals surface area contributed by atoms with Crippen molar-refractivity contribution in [3.8, 4) is 28.8 Å².